The zero-order valence-electron chi connectivity index (χ0n) is 16.0. The van der Waals surface area contributed by atoms with Crippen LogP contribution in [0.1, 0.15) is 27.6 Å². The van der Waals surface area contributed by atoms with Crippen molar-refractivity contribution in [2.75, 3.05) is 31.6 Å². The van der Waals surface area contributed by atoms with Crippen LogP contribution in [0.2, 0.25) is 0 Å². The van der Waals surface area contributed by atoms with Crippen LogP contribution in [0, 0.1) is 0 Å². The molecule has 3 amide bonds. The summed E-state index contributed by atoms with van der Waals surface area (Å²) < 4.78 is 5.91. The molecule has 0 bridgehead atoms. The van der Waals surface area contributed by atoms with Crippen molar-refractivity contribution in [1.82, 2.24) is 10.2 Å². The number of carbonyl (C=O) groups excluding carboxylic acids is 3. The van der Waals surface area contributed by atoms with Gasteiger partial charge in [0.2, 0.25) is 5.91 Å². The van der Waals surface area contributed by atoms with Gasteiger partial charge in [-0.1, -0.05) is 24.3 Å². The average Bonchev–Trinajstić information content (AvgIpc) is 2.74. The number of hydrogen-bond acceptors (Lipinski definition) is 4. The molecular formula is C21H22BrN3O4. The molecule has 0 saturated carbocycles. The van der Waals surface area contributed by atoms with Gasteiger partial charge in [0.15, 0.2) is 0 Å². The Balaban J connectivity index is 1.70. The van der Waals surface area contributed by atoms with Crippen molar-refractivity contribution in [3.05, 3.63) is 64.1 Å². The number of carbonyl (C=O) groups is 3. The van der Waals surface area contributed by atoms with E-state index < -0.39 is 11.9 Å². The van der Waals surface area contributed by atoms with Gasteiger partial charge in [0, 0.05) is 17.6 Å². The summed E-state index contributed by atoms with van der Waals surface area (Å²) in [5, 5.41) is 5.50. The fourth-order valence-electron chi connectivity index (χ4n) is 3.02. The molecule has 2 aromatic carbocycles. The molecule has 1 heterocycles. The van der Waals surface area contributed by atoms with Crippen LogP contribution in [0.15, 0.2) is 53.0 Å². The van der Waals surface area contributed by atoms with Crippen LogP contribution in [0.3, 0.4) is 0 Å². The third-order valence-corrected chi connectivity index (χ3v) is 5.27. The third kappa shape index (κ3) is 5.21. The number of hydrogen-bond donors (Lipinski definition) is 2. The number of para-hydroxylation sites is 1. The lowest BCUT2D eigenvalue weighted by molar-refractivity contribution is -0.136. The number of halogens is 1. The van der Waals surface area contributed by atoms with Gasteiger partial charge in [-0.05, 0) is 47.1 Å². The van der Waals surface area contributed by atoms with Gasteiger partial charge in [0.25, 0.3) is 11.8 Å². The van der Waals surface area contributed by atoms with Crippen LogP contribution in [0.25, 0.3) is 0 Å². The number of morpholine rings is 1. The number of amides is 3. The van der Waals surface area contributed by atoms with E-state index >= 15 is 0 Å². The lowest BCUT2D eigenvalue weighted by Crippen LogP contribution is -2.50. The highest BCUT2D eigenvalue weighted by Gasteiger charge is 2.25. The molecule has 7 nitrogen and oxygen atoms in total. The highest BCUT2D eigenvalue weighted by molar-refractivity contribution is 9.10. The maximum absolute atomic E-state index is 12.8. The molecule has 2 N–H and O–H groups in total. The molecule has 1 unspecified atom stereocenters. The highest BCUT2D eigenvalue weighted by atomic mass is 79.9. The van der Waals surface area contributed by atoms with Crippen molar-refractivity contribution in [2.24, 2.45) is 0 Å². The molecule has 1 atom stereocenters. The van der Waals surface area contributed by atoms with Crippen LogP contribution in [0.5, 0.6) is 0 Å². The lowest BCUT2D eigenvalue weighted by atomic mass is 10.1. The molecule has 0 spiro atoms. The Labute approximate surface area is 177 Å². The van der Waals surface area contributed by atoms with E-state index in [4.69, 9.17) is 4.74 Å². The molecule has 29 heavy (non-hydrogen) atoms. The normalized spacial score (nSPS) is 14.8. The first kappa shape index (κ1) is 21.0. The first-order chi connectivity index (χ1) is 14.0. The van der Waals surface area contributed by atoms with E-state index in [2.05, 4.69) is 26.6 Å². The quantitative estimate of drug-likeness (QED) is 0.719. The predicted molar refractivity (Wildman–Crippen MR) is 113 cm³/mol. The first-order valence-corrected chi connectivity index (χ1v) is 10.1. The van der Waals surface area contributed by atoms with Gasteiger partial charge in [0.1, 0.15) is 6.04 Å². The van der Waals surface area contributed by atoms with Crippen LogP contribution < -0.4 is 10.6 Å². The molecule has 2 aromatic rings. The van der Waals surface area contributed by atoms with Gasteiger partial charge in [-0.2, -0.15) is 0 Å². The first-order valence-electron chi connectivity index (χ1n) is 9.29. The molecule has 0 radical (unpaired) electrons. The molecule has 1 fully saturated rings. The van der Waals surface area contributed by atoms with Crippen LogP contribution in [0.4, 0.5) is 5.69 Å². The van der Waals surface area contributed by atoms with E-state index in [0.717, 1.165) is 0 Å². The third-order valence-electron chi connectivity index (χ3n) is 4.58. The number of nitrogens with one attached hydrogen (secondary N) is 2. The summed E-state index contributed by atoms with van der Waals surface area (Å²) in [4.78, 5) is 39.6. The summed E-state index contributed by atoms with van der Waals surface area (Å²) in [6.45, 7) is 3.67. The maximum Gasteiger partial charge on any atom is 0.256 e. The standard InChI is InChI=1S/C21H22BrN3O4/c1-14(21(28)25-10-12-29-13-11-25)23-20(27)16-7-3-5-9-18(16)24-19(26)15-6-2-4-8-17(15)22/h2-9,14H,10-13H2,1H3,(H,23,27)(H,24,26). The zero-order valence-corrected chi connectivity index (χ0v) is 17.6. The van der Waals surface area contributed by atoms with Crippen LogP contribution in [-0.4, -0.2) is 55.0 Å². The smallest absolute Gasteiger partial charge is 0.256 e. The van der Waals surface area contributed by atoms with Gasteiger partial charge < -0.3 is 20.3 Å². The minimum Gasteiger partial charge on any atom is -0.378 e. The Bertz CT molecular complexity index is 912. The topological polar surface area (TPSA) is 87.7 Å². The molecule has 8 heteroatoms. The molecule has 152 valence electrons. The van der Waals surface area contributed by atoms with Gasteiger partial charge in [0.05, 0.1) is 30.0 Å². The molecule has 0 aromatic heterocycles. The molecule has 1 saturated heterocycles. The molecule has 3 rings (SSSR count). The second-order valence-electron chi connectivity index (χ2n) is 6.61. The van der Waals surface area contributed by atoms with Crippen molar-refractivity contribution in [2.45, 2.75) is 13.0 Å². The van der Waals surface area contributed by atoms with Crippen molar-refractivity contribution < 1.29 is 19.1 Å². The summed E-state index contributed by atoms with van der Waals surface area (Å²) >= 11 is 3.35. The number of rotatable bonds is 5. The van der Waals surface area contributed by atoms with E-state index in [-0.39, 0.29) is 17.4 Å². The predicted octanol–water partition coefficient (Wildman–Crippen LogP) is 2.68. The number of ether oxygens (including phenoxy) is 1. The van der Waals surface area contributed by atoms with Crippen molar-refractivity contribution in [3.8, 4) is 0 Å². The molecular weight excluding hydrogens is 438 g/mol. The van der Waals surface area contributed by atoms with Crippen LogP contribution in [-0.2, 0) is 9.53 Å². The average molecular weight is 460 g/mol. The number of nitrogens with zero attached hydrogens (tertiary/aromatic N) is 1. The van der Waals surface area contributed by atoms with Gasteiger partial charge >= 0.3 is 0 Å². The fourth-order valence-corrected chi connectivity index (χ4v) is 3.48. The Morgan fingerprint density at radius 2 is 1.59 bits per heavy atom. The number of benzene rings is 2. The summed E-state index contributed by atoms with van der Waals surface area (Å²) in [5.41, 5.74) is 1.12. The zero-order chi connectivity index (χ0) is 20.8. The summed E-state index contributed by atoms with van der Waals surface area (Å²) in [5.74, 6) is -0.923. The Morgan fingerprint density at radius 1 is 0.966 bits per heavy atom. The molecule has 1 aliphatic rings. The minimum atomic E-state index is -0.687. The van der Waals surface area contributed by atoms with Crippen molar-refractivity contribution in [1.29, 1.82) is 0 Å². The van der Waals surface area contributed by atoms with E-state index in [1.54, 1.807) is 54.3 Å². The van der Waals surface area contributed by atoms with Crippen molar-refractivity contribution >= 4 is 39.3 Å². The van der Waals surface area contributed by atoms with Gasteiger partial charge in [-0.15, -0.1) is 0 Å². The number of anilines is 1. The minimum absolute atomic E-state index is 0.156. The molecule has 1 aliphatic heterocycles. The van der Waals surface area contributed by atoms with Gasteiger partial charge in [-0.3, -0.25) is 14.4 Å². The van der Waals surface area contributed by atoms with Crippen LogP contribution >= 0.6 is 15.9 Å². The lowest BCUT2D eigenvalue weighted by Gasteiger charge is -2.29. The second kappa shape index (κ2) is 9.67. The van der Waals surface area contributed by atoms with Gasteiger partial charge in [-0.25, -0.2) is 0 Å². The summed E-state index contributed by atoms with van der Waals surface area (Å²) in [6, 6.07) is 13.0. The van der Waals surface area contributed by atoms with Crippen molar-refractivity contribution in [3.63, 3.8) is 0 Å². The Kier molecular flexibility index (Phi) is 7.00. The summed E-state index contributed by atoms with van der Waals surface area (Å²) in [7, 11) is 0. The van der Waals surface area contributed by atoms with E-state index in [0.29, 0.717) is 42.0 Å². The Hall–Kier alpha value is -2.71. The van der Waals surface area contributed by atoms with E-state index in [1.807, 2.05) is 6.07 Å². The molecule has 0 aliphatic carbocycles. The Morgan fingerprint density at radius 3 is 2.28 bits per heavy atom. The SMILES string of the molecule is CC(NC(=O)c1ccccc1NC(=O)c1ccccc1Br)C(=O)N1CCOCC1. The largest absolute Gasteiger partial charge is 0.378 e. The maximum atomic E-state index is 12.8. The van der Waals surface area contributed by atoms with E-state index in [9.17, 15) is 14.4 Å². The summed E-state index contributed by atoms with van der Waals surface area (Å²) in [6.07, 6.45) is 0. The second-order valence-corrected chi connectivity index (χ2v) is 7.47. The monoisotopic (exact) mass is 459 g/mol. The fraction of sp³-hybridized carbons (Fsp3) is 0.286. The van der Waals surface area contributed by atoms with E-state index in [1.165, 1.54) is 0 Å². The highest BCUT2D eigenvalue weighted by Crippen LogP contribution is 2.20.